The highest BCUT2D eigenvalue weighted by atomic mass is 32.1. The molecule has 1 aromatic carbocycles. The van der Waals surface area contributed by atoms with Crippen LogP contribution in [-0.4, -0.2) is 54.3 Å². The molecule has 2 rings (SSSR count). The van der Waals surface area contributed by atoms with Crippen LogP contribution in [0.25, 0.3) is 0 Å². The Hall–Kier alpha value is -3.99. The first-order chi connectivity index (χ1) is 18.9. The zero-order chi connectivity index (χ0) is 29.7. The van der Waals surface area contributed by atoms with Crippen molar-refractivity contribution < 1.29 is 28.7 Å². The number of ether oxygens (including phenoxy) is 1. The summed E-state index contributed by atoms with van der Waals surface area (Å²) in [6.45, 7) is 7.31. The lowest BCUT2D eigenvalue weighted by atomic mass is 9.85. The van der Waals surface area contributed by atoms with Gasteiger partial charge < -0.3 is 26.4 Å². The van der Waals surface area contributed by atoms with Gasteiger partial charge in [0.05, 0.1) is 11.5 Å². The Morgan fingerprint density at radius 2 is 1.68 bits per heavy atom. The van der Waals surface area contributed by atoms with Gasteiger partial charge in [0, 0.05) is 25.0 Å². The first kappa shape index (κ1) is 32.2. The van der Waals surface area contributed by atoms with Crippen LogP contribution in [0.2, 0.25) is 0 Å². The van der Waals surface area contributed by atoms with E-state index in [1.165, 1.54) is 23.5 Å². The van der Waals surface area contributed by atoms with Crippen molar-refractivity contribution >= 4 is 40.9 Å². The summed E-state index contributed by atoms with van der Waals surface area (Å²) in [4.78, 5) is 63.5. The van der Waals surface area contributed by atoms with Gasteiger partial charge in [-0.15, -0.1) is 11.3 Å². The van der Waals surface area contributed by atoms with Gasteiger partial charge in [-0.1, -0.05) is 63.2 Å². The molecule has 10 nitrogen and oxygen atoms in total. The van der Waals surface area contributed by atoms with E-state index in [0.717, 1.165) is 5.56 Å². The third-order valence-electron chi connectivity index (χ3n) is 5.84. The molecule has 0 spiro atoms. The van der Waals surface area contributed by atoms with Crippen LogP contribution in [-0.2, 0) is 30.3 Å². The second-order valence-corrected chi connectivity index (χ2v) is 11.2. The van der Waals surface area contributed by atoms with Crippen LogP contribution in [0.5, 0.6) is 0 Å². The van der Waals surface area contributed by atoms with E-state index in [-0.39, 0.29) is 31.8 Å². The molecule has 0 aliphatic heterocycles. The third kappa shape index (κ3) is 11.0. The molecule has 11 heteroatoms. The van der Waals surface area contributed by atoms with Crippen molar-refractivity contribution in [2.24, 2.45) is 11.1 Å². The summed E-state index contributed by atoms with van der Waals surface area (Å²) in [7, 11) is 0. The van der Waals surface area contributed by atoms with Crippen molar-refractivity contribution in [3.05, 3.63) is 70.4 Å². The van der Waals surface area contributed by atoms with E-state index in [4.69, 9.17) is 10.5 Å². The predicted octanol–water partition coefficient (Wildman–Crippen LogP) is 2.49. The molecule has 216 valence electrons. The van der Waals surface area contributed by atoms with Gasteiger partial charge in [0.25, 0.3) is 5.91 Å². The number of amides is 4. The minimum absolute atomic E-state index is 0.0331. The maximum atomic E-state index is 13.5. The largest absolute Gasteiger partial charge is 0.463 e. The van der Waals surface area contributed by atoms with Crippen LogP contribution in [0.1, 0.15) is 55.8 Å². The highest BCUT2D eigenvalue weighted by Crippen LogP contribution is 2.21. The molecule has 0 bridgehead atoms. The van der Waals surface area contributed by atoms with E-state index in [0.29, 0.717) is 4.88 Å². The van der Waals surface area contributed by atoms with Crippen molar-refractivity contribution in [1.82, 2.24) is 16.0 Å². The number of hydrogen-bond acceptors (Lipinski definition) is 7. The summed E-state index contributed by atoms with van der Waals surface area (Å²) in [5.41, 5.74) is 5.42. The Labute approximate surface area is 238 Å². The molecule has 3 atom stereocenters. The van der Waals surface area contributed by atoms with Crippen LogP contribution < -0.4 is 21.7 Å². The molecule has 0 aliphatic rings. The SMILES string of the molecule is CCOC(=O)C=C[C@H](CCC(N)=O)NC(=O)[C@H](Cc1ccccc1)NC(=O)[C@@H](NC(=O)c1cccs1)C(C)(C)C. The summed E-state index contributed by atoms with van der Waals surface area (Å²) in [5, 5.41) is 10.2. The molecule has 1 heterocycles. The predicted molar refractivity (Wildman–Crippen MR) is 153 cm³/mol. The van der Waals surface area contributed by atoms with Crippen LogP contribution >= 0.6 is 11.3 Å². The topological polar surface area (TPSA) is 157 Å². The molecule has 0 saturated heterocycles. The number of primary amides is 1. The fraction of sp³-hybridized carbons (Fsp3) is 0.414. The second-order valence-electron chi connectivity index (χ2n) is 10.2. The first-order valence-corrected chi connectivity index (χ1v) is 13.9. The number of nitrogens with one attached hydrogen (secondary N) is 3. The number of benzene rings is 1. The summed E-state index contributed by atoms with van der Waals surface area (Å²) >= 11 is 1.26. The maximum Gasteiger partial charge on any atom is 0.330 e. The Kier molecular flexibility index (Phi) is 12.5. The van der Waals surface area contributed by atoms with Crippen molar-refractivity contribution in [1.29, 1.82) is 0 Å². The van der Waals surface area contributed by atoms with E-state index < -0.39 is 47.2 Å². The van der Waals surface area contributed by atoms with E-state index in [2.05, 4.69) is 16.0 Å². The summed E-state index contributed by atoms with van der Waals surface area (Å²) in [5.74, 6) is -2.59. The number of carbonyl (C=O) groups excluding carboxylic acids is 5. The number of esters is 1. The fourth-order valence-corrected chi connectivity index (χ4v) is 4.41. The molecule has 0 aliphatic carbocycles. The third-order valence-corrected chi connectivity index (χ3v) is 6.71. The number of rotatable bonds is 14. The maximum absolute atomic E-state index is 13.5. The highest BCUT2D eigenvalue weighted by Gasteiger charge is 2.35. The minimum Gasteiger partial charge on any atom is -0.463 e. The molecule has 1 aromatic heterocycles. The van der Waals surface area contributed by atoms with Crippen LogP contribution in [0.3, 0.4) is 0 Å². The van der Waals surface area contributed by atoms with E-state index in [9.17, 15) is 24.0 Å². The Bertz CT molecular complexity index is 1170. The van der Waals surface area contributed by atoms with Gasteiger partial charge in [0.2, 0.25) is 17.7 Å². The zero-order valence-electron chi connectivity index (χ0n) is 23.3. The number of hydrogen-bond donors (Lipinski definition) is 4. The van der Waals surface area contributed by atoms with Gasteiger partial charge in [-0.25, -0.2) is 4.79 Å². The minimum atomic E-state index is -1.02. The van der Waals surface area contributed by atoms with Gasteiger partial charge in [0.1, 0.15) is 12.1 Å². The lowest BCUT2D eigenvalue weighted by molar-refractivity contribution is -0.137. The van der Waals surface area contributed by atoms with E-state index in [1.807, 2.05) is 51.1 Å². The summed E-state index contributed by atoms with van der Waals surface area (Å²) in [6, 6.07) is 9.87. The molecule has 0 fully saturated rings. The molecule has 2 aromatic rings. The zero-order valence-corrected chi connectivity index (χ0v) is 24.1. The highest BCUT2D eigenvalue weighted by molar-refractivity contribution is 7.12. The van der Waals surface area contributed by atoms with Gasteiger partial charge in [0.15, 0.2) is 0 Å². The monoisotopic (exact) mass is 570 g/mol. The standard InChI is InChI=1S/C29H38N4O6S/c1-5-39-24(35)16-14-20(13-15-23(30)34)31-26(36)21(18-19-10-7-6-8-11-19)32-28(38)25(29(2,3)4)33-27(37)22-12-9-17-40-22/h6-12,14,16-17,20-21,25H,5,13,15,18H2,1-4H3,(H2,30,34)(H,31,36)(H,32,38)(H,33,37)/t20-,21-,25+/m0/s1. The molecule has 4 amide bonds. The molecular formula is C29H38N4O6S. The normalized spacial score (nSPS) is 13.6. The average Bonchev–Trinajstić information content (AvgIpc) is 3.43. The number of nitrogens with two attached hydrogens (primary N) is 1. The average molecular weight is 571 g/mol. The van der Waals surface area contributed by atoms with Crippen LogP contribution in [0, 0.1) is 5.41 Å². The molecule has 0 radical (unpaired) electrons. The fourth-order valence-electron chi connectivity index (χ4n) is 3.78. The van der Waals surface area contributed by atoms with Gasteiger partial charge >= 0.3 is 5.97 Å². The van der Waals surface area contributed by atoms with Crippen molar-refractivity contribution in [3.8, 4) is 0 Å². The van der Waals surface area contributed by atoms with Gasteiger partial charge in [-0.05, 0) is 35.8 Å². The van der Waals surface area contributed by atoms with Crippen LogP contribution in [0.15, 0.2) is 60.0 Å². The molecule has 0 saturated carbocycles. The van der Waals surface area contributed by atoms with E-state index in [1.54, 1.807) is 24.4 Å². The lowest BCUT2D eigenvalue weighted by Crippen LogP contribution is -2.58. The molecule has 0 unspecified atom stereocenters. The Morgan fingerprint density at radius 3 is 2.25 bits per heavy atom. The Morgan fingerprint density at radius 1 is 0.975 bits per heavy atom. The number of thiophene rings is 1. The summed E-state index contributed by atoms with van der Waals surface area (Å²) < 4.78 is 4.90. The van der Waals surface area contributed by atoms with Crippen molar-refractivity contribution in [3.63, 3.8) is 0 Å². The molecule has 5 N–H and O–H groups in total. The van der Waals surface area contributed by atoms with Gasteiger partial charge in [-0.2, -0.15) is 0 Å². The van der Waals surface area contributed by atoms with Gasteiger partial charge in [-0.3, -0.25) is 19.2 Å². The smallest absolute Gasteiger partial charge is 0.330 e. The quantitative estimate of drug-likeness (QED) is 0.202. The van der Waals surface area contributed by atoms with E-state index >= 15 is 0 Å². The number of carbonyl (C=O) groups is 5. The second kappa shape index (κ2) is 15.6. The van der Waals surface area contributed by atoms with Crippen LogP contribution in [0.4, 0.5) is 0 Å². The molecular weight excluding hydrogens is 532 g/mol. The summed E-state index contributed by atoms with van der Waals surface area (Å²) in [6.07, 6.45) is 2.88. The Balaban J connectivity index is 2.29. The molecule has 40 heavy (non-hydrogen) atoms. The lowest BCUT2D eigenvalue weighted by Gasteiger charge is -2.32. The van der Waals surface area contributed by atoms with Crippen molar-refractivity contribution in [2.45, 2.75) is 65.1 Å². The first-order valence-electron chi connectivity index (χ1n) is 13.0. The van der Waals surface area contributed by atoms with Crippen molar-refractivity contribution in [2.75, 3.05) is 6.61 Å².